The van der Waals surface area contributed by atoms with Gasteiger partial charge in [-0.1, -0.05) is 19.3 Å². The molecule has 0 saturated heterocycles. The van der Waals surface area contributed by atoms with Crippen molar-refractivity contribution in [1.29, 1.82) is 0 Å². The number of hydrogen-bond acceptors (Lipinski definition) is 2. The summed E-state index contributed by atoms with van der Waals surface area (Å²) >= 11 is 0. The van der Waals surface area contributed by atoms with Crippen LogP contribution in [0, 0.1) is 17.8 Å². The van der Waals surface area contributed by atoms with Crippen LogP contribution >= 0.6 is 0 Å². The van der Waals surface area contributed by atoms with Gasteiger partial charge in [-0.25, -0.2) is 0 Å². The Morgan fingerprint density at radius 2 is 1.65 bits per heavy atom. The van der Waals surface area contributed by atoms with Gasteiger partial charge in [0.2, 0.25) is 5.91 Å². The van der Waals surface area contributed by atoms with Crippen molar-refractivity contribution in [3.05, 3.63) is 0 Å². The highest BCUT2D eigenvalue weighted by atomic mass is 16.2. The van der Waals surface area contributed by atoms with E-state index in [1.54, 1.807) is 0 Å². The number of fused-ring (bicyclic) bond motifs is 2. The molecule has 3 aliphatic rings. The zero-order chi connectivity index (χ0) is 14.1. The molecule has 0 heterocycles. The Morgan fingerprint density at radius 3 is 2.20 bits per heavy atom. The van der Waals surface area contributed by atoms with Gasteiger partial charge in [-0.3, -0.25) is 4.79 Å². The Labute approximate surface area is 123 Å². The molecule has 2 atom stereocenters. The number of nitrogens with zero attached hydrogens (tertiary/aromatic N) is 1. The van der Waals surface area contributed by atoms with Crippen LogP contribution in [0.4, 0.5) is 0 Å². The van der Waals surface area contributed by atoms with Gasteiger partial charge in [0, 0.05) is 24.5 Å². The quantitative estimate of drug-likeness (QED) is 0.863. The number of hydrogen-bond donors (Lipinski definition) is 1. The lowest BCUT2D eigenvalue weighted by atomic mass is 9.65. The van der Waals surface area contributed by atoms with Crippen molar-refractivity contribution in [3.8, 4) is 0 Å². The second kappa shape index (κ2) is 6.05. The summed E-state index contributed by atoms with van der Waals surface area (Å²) in [6.45, 7) is 3.03. The van der Waals surface area contributed by atoms with Gasteiger partial charge in [0.1, 0.15) is 0 Å². The zero-order valence-corrected chi connectivity index (χ0v) is 12.9. The van der Waals surface area contributed by atoms with E-state index in [0.29, 0.717) is 29.8 Å². The Morgan fingerprint density at radius 1 is 1.05 bits per heavy atom. The maximum Gasteiger partial charge on any atom is 0.225 e. The standard InChI is InChI=1S/C17H30N2O/c1-2-19(15-8-3-4-9-15)17(20)14-10-12-6-5-7-13(11-14)16(12)18/h12-16H,2-11,18H2,1H3. The Kier molecular flexibility index (Phi) is 4.34. The first-order chi connectivity index (χ1) is 9.70. The molecule has 3 saturated carbocycles. The van der Waals surface area contributed by atoms with E-state index in [1.165, 1.54) is 44.9 Å². The topological polar surface area (TPSA) is 46.3 Å². The minimum absolute atomic E-state index is 0.269. The largest absolute Gasteiger partial charge is 0.340 e. The Balaban J connectivity index is 1.67. The van der Waals surface area contributed by atoms with Crippen LogP contribution < -0.4 is 5.73 Å². The number of carbonyl (C=O) groups excluding carboxylic acids is 1. The molecule has 0 aromatic rings. The van der Waals surface area contributed by atoms with Gasteiger partial charge in [0.15, 0.2) is 0 Å². The van der Waals surface area contributed by atoms with Crippen molar-refractivity contribution in [2.45, 2.75) is 76.8 Å². The van der Waals surface area contributed by atoms with E-state index in [0.717, 1.165) is 19.4 Å². The second-order valence-electron chi connectivity index (χ2n) is 7.26. The summed E-state index contributed by atoms with van der Waals surface area (Å²) in [4.78, 5) is 15.1. The maximum atomic E-state index is 12.9. The smallest absolute Gasteiger partial charge is 0.225 e. The third-order valence-electron chi connectivity index (χ3n) is 6.15. The van der Waals surface area contributed by atoms with Gasteiger partial charge in [0.25, 0.3) is 0 Å². The molecular weight excluding hydrogens is 248 g/mol. The fourth-order valence-corrected chi connectivity index (χ4v) is 5.04. The molecule has 114 valence electrons. The van der Waals surface area contributed by atoms with E-state index >= 15 is 0 Å². The summed E-state index contributed by atoms with van der Waals surface area (Å²) in [5.41, 5.74) is 6.35. The Hall–Kier alpha value is -0.570. The number of rotatable bonds is 3. The zero-order valence-electron chi connectivity index (χ0n) is 12.9. The summed E-state index contributed by atoms with van der Waals surface area (Å²) in [7, 11) is 0. The predicted octanol–water partition coefficient (Wildman–Crippen LogP) is 2.93. The van der Waals surface area contributed by atoms with Crippen LogP contribution in [0.2, 0.25) is 0 Å². The molecular formula is C17H30N2O. The van der Waals surface area contributed by atoms with E-state index in [2.05, 4.69) is 11.8 Å². The van der Waals surface area contributed by atoms with Crippen LogP contribution in [0.1, 0.15) is 64.7 Å². The van der Waals surface area contributed by atoms with Crippen molar-refractivity contribution in [2.24, 2.45) is 23.5 Å². The lowest BCUT2D eigenvalue weighted by Crippen LogP contribution is -2.51. The summed E-state index contributed by atoms with van der Waals surface area (Å²) < 4.78 is 0. The molecule has 0 spiro atoms. The molecule has 3 fully saturated rings. The molecule has 3 aliphatic carbocycles. The van der Waals surface area contributed by atoms with Crippen molar-refractivity contribution in [1.82, 2.24) is 4.90 Å². The van der Waals surface area contributed by atoms with E-state index in [-0.39, 0.29) is 5.92 Å². The van der Waals surface area contributed by atoms with Crippen LogP contribution in [0.3, 0.4) is 0 Å². The molecule has 0 radical (unpaired) electrons. The lowest BCUT2D eigenvalue weighted by molar-refractivity contribution is -0.140. The van der Waals surface area contributed by atoms with Gasteiger partial charge in [-0.05, 0) is 57.3 Å². The summed E-state index contributed by atoms with van der Waals surface area (Å²) in [6.07, 6.45) is 11.0. The van der Waals surface area contributed by atoms with Crippen LogP contribution in [-0.2, 0) is 4.79 Å². The first kappa shape index (κ1) is 14.4. The molecule has 0 aromatic carbocycles. The van der Waals surface area contributed by atoms with Crippen LogP contribution in [-0.4, -0.2) is 29.4 Å². The van der Waals surface area contributed by atoms with Gasteiger partial charge >= 0.3 is 0 Å². The van der Waals surface area contributed by atoms with Crippen LogP contribution in [0.15, 0.2) is 0 Å². The highest BCUT2D eigenvalue weighted by molar-refractivity contribution is 5.79. The van der Waals surface area contributed by atoms with Crippen molar-refractivity contribution >= 4 is 5.91 Å². The molecule has 0 aliphatic heterocycles. The molecule has 1 amide bonds. The average molecular weight is 278 g/mol. The molecule has 20 heavy (non-hydrogen) atoms. The lowest BCUT2D eigenvalue weighted by Gasteiger charge is -2.45. The normalized spacial score (nSPS) is 37.9. The first-order valence-corrected chi connectivity index (χ1v) is 8.76. The maximum absolute atomic E-state index is 12.9. The number of amides is 1. The summed E-state index contributed by atoms with van der Waals surface area (Å²) in [5.74, 6) is 1.94. The molecule has 2 unspecified atom stereocenters. The second-order valence-corrected chi connectivity index (χ2v) is 7.26. The van der Waals surface area contributed by atoms with Crippen LogP contribution in [0.5, 0.6) is 0 Å². The minimum atomic E-state index is 0.269. The number of nitrogens with two attached hydrogens (primary N) is 1. The molecule has 3 heteroatoms. The fourth-order valence-electron chi connectivity index (χ4n) is 5.04. The van der Waals surface area contributed by atoms with Gasteiger partial charge < -0.3 is 10.6 Å². The highest BCUT2D eigenvalue weighted by Crippen LogP contribution is 2.42. The average Bonchev–Trinajstić information content (AvgIpc) is 2.93. The summed E-state index contributed by atoms with van der Waals surface area (Å²) in [6, 6.07) is 0.900. The molecule has 0 aromatic heterocycles. The molecule has 3 nitrogen and oxygen atoms in total. The number of carbonyl (C=O) groups is 1. The van der Waals surface area contributed by atoms with Gasteiger partial charge in [0.05, 0.1) is 0 Å². The van der Waals surface area contributed by atoms with Gasteiger partial charge in [-0.2, -0.15) is 0 Å². The molecule has 3 rings (SSSR count). The highest BCUT2D eigenvalue weighted by Gasteiger charge is 2.42. The third kappa shape index (κ3) is 2.61. The summed E-state index contributed by atoms with van der Waals surface area (Å²) in [5, 5.41) is 0. The molecule has 2 N–H and O–H groups in total. The third-order valence-corrected chi connectivity index (χ3v) is 6.15. The fraction of sp³-hybridized carbons (Fsp3) is 0.941. The van der Waals surface area contributed by atoms with Crippen molar-refractivity contribution in [2.75, 3.05) is 6.54 Å². The molecule has 2 bridgehead atoms. The predicted molar refractivity (Wildman–Crippen MR) is 81.2 cm³/mol. The van der Waals surface area contributed by atoms with E-state index in [4.69, 9.17) is 5.73 Å². The van der Waals surface area contributed by atoms with Gasteiger partial charge in [-0.15, -0.1) is 0 Å². The minimum Gasteiger partial charge on any atom is -0.340 e. The van der Waals surface area contributed by atoms with Crippen LogP contribution in [0.25, 0.3) is 0 Å². The monoisotopic (exact) mass is 278 g/mol. The van der Waals surface area contributed by atoms with Crippen molar-refractivity contribution < 1.29 is 4.79 Å². The van der Waals surface area contributed by atoms with Crippen molar-refractivity contribution in [3.63, 3.8) is 0 Å². The van der Waals surface area contributed by atoms with E-state index < -0.39 is 0 Å². The Bertz CT molecular complexity index is 337. The van der Waals surface area contributed by atoms with E-state index in [9.17, 15) is 4.79 Å². The SMILES string of the molecule is CCN(C(=O)C1CC2CCCC(C1)C2N)C1CCCC1. The first-order valence-electron chi connectivity index (χ1n) is 8.76. The van der Waals surface area contributed by atoms with E-state index in [1.807, 2.05) is 0 Å².